The Bertz CT molecular complexity index is 1060. The number of ether oxygens (including phenoxy) is 2. The van der Waals surface area contributed by atoms with E-state index in [1.54, 1.807) is 18.2 Å². The summed E-state index contributed by atoms with van der Waals surface area (Å²) in [4.78, 5) is 36.5. The number of likely N-dealkylation sites (tertiary alicyclic amines) is 1. The standard InChI is InChI=1S/C20H16N2O7/c1-21-17(11-2-5-13(6-3-11)22(26)27)16(19(24)20(21)25)18(23)12-4-7-14-15(10-12)29-9-8-28-14/h2-7,10,17,23H,8-9H2,1H3/b18-16+. The zero-order chi connectivity index (χ0) is 20.7. The monoisotopic (exact) mass is 396 g/mol. The van der Waals surface area contributed by atoms with Gasteiger partial charge in [0.25, 0.3) is 17.4 Å². The number of likely N-dealkylation sites (N-methyl/N-ethyl adjacent to an activating group) is 1. The fraction of sp³-hybridized carbons (Fsp3) is 0.200. The van der Waals surface area contributed by atoms with Gasteiger partial charge < -0.3 is 19.5 Å². The summed E-state index contributed by atoms with van der Waals surface area (Å²) >= 11 is 0. The van der Waals surface area contributed by atoms with Gasteiger partial charge in [-0.3, -0.25) is 19.7 Å². The molecule has 2 aliphatic rings. The van der Waals surface area contributed by atoms with Gasteiger partial charge in [0.1, 0.15) is 19.0 Å². The highest BCUT2D eigenvalue weighted by molar-refractivity contribution is 6.46. The molecule has 1 atom stereocenters. The molecule has 1 N–H and O–H groups in total. The number of aliphatic hydroxyl groups excluding tert-OH is 1. The number of benzene rings is 2. The Kier molecular flexibility index (Phi) is 4.42. The van der Waals surface area contributed by atoms with Gasteiger partial charge in [0.2, 0.25) is 0 Å². The second kappa shape index (κ2) is 6.93. The third-order valence-electron chi connectivity index (χ3n) is 4.91. The van der Waals surface area contributed by atoms with Crippen molar-refractivity contribution in [2.24, 2.45) is 0 Å². The van der Waals surface area contributed by atoms with E-state index in [2.05, 4.69) is 0 Å². The van der Waals surface area contributed by atoms with Crippen molar-refractivity contribution < 1.29 is 29.1 Å². The Hall–Kier alpha value is -3.88. The molecule has 2 aromatic carbocycles. The third-order valence-corrected chi connectivity index (χ3v) is 4.91. The lowest BCUT2D eigenvalue weighted by atomic mass is 9.95. The molecule has 0 radical (unpaired) electrons. The second-order valence-electron chi connectivity index (χ2n) is 6.62. The van der Waals surface area contributed by atoms with Crippen LogP contribution in [-0.4, -0.2) is 46.9 Å². The van der Waals surface area contributed by atoms with Crippen LogP contribution in [-0.2, 0) is 9.59 Å². The number of aliphatic hydroxyl groups is 1. The topological polar surface area (TPSA) is 119 Å². The van der Waals surface area contributed by atoms with E-state index in [1.165, 1.54) is 36.2 Å². The molecule has 1 amide bonds. The summed E-state index contributed by atoms with van der Waals surface area (Å²) in [5, 5.41) is 21.8. The molecule has 29 heavy (non-hydrogen) atoms. The summed E-state index contributed by atoms with van der Waals surface area (Å²) in [6.45, 7) is 0.777. The van der Waals surface area contributed by atoms with Crippen LogP contribution in [0.15, 0.2) is 48.0 Å². The van der Waals surface area contributed by atoms with Crippen LogP contribution in [0.5, 0.6) is 11.5 Å². The van der Waals surface area contributed by atoms with Gasteiger partial charge in [-0.05, 0) is 35.9 Å². The second-order valence-corrected chi connectivity index (χ2v) is 6.62. The van der Waals surface area contributed by atoms with Crippen LogP contribution >= 0.6 is 0 Å². The van der Waals surface area contributed by atoms with E-state index in [0.717, 1.165) is 0 Å². The highest BCUT2D eigenvalue weighted by Gasteiger charge is 2.44. The van der Waals surface area contributed by atoms with Crippen molar-refractivity contribution in [2.75, 3.05) is 20.3 Å². The van der Waals surface area contributed by atoms with Crippen molar-refractivity contribution in [1.29, 1.82) is 0 Å². The molecule has 148 valence electrons. The van der Waals surface area contributed by atoms with Crippen LogP contribution in [0.2, 0.25) is 0 Å². The number of carbonyl (C=O) groups is 2. The number of non-ortho nitro benzene ring substituents is 1. The highest BCUT2D eigenvalue weighted by atomic mass is 16.6. The average molecular weight is 396 g/mol. The van der Waals surface area contributed by atoms with E-state index < -0.39 is 22.7 Å². The van der Waals surface area contributed by atoms with Crippen molar-refractivity contribution in [1.82, 2.24) is 4.90 Å². The Morgan fingerprint density at radius 1 is 1.10 bits per heavy atom. The molecule has 0 aliphatic carbocycles. The van der Waals surface area contributed by atoms with E-state index in [9.17, 15) is 24.8 Å². The van der Waals surface area contributed by atoms with Crippen LogP contribution in [0.3, 0.4) is 0 Å². The number of hydrogen-bond donors (Lipinski definition) is 1. The van der Waals surface area contributed by atoms with Gasteiger partial charge >= 0.3 is 0 Å². The Labute approximate surface area is 164 Å². The summed E-state index contributed by atoms with van der Waals surface area (Å²) in [6.07, 6.45) is 0. The first-order chi connectivity index (χ1) is 13.9. The van der Waals surface area contributed by atoms with Gasteiger partial charge in [0.15, 0.2) is 11.5 Å². The Morgan fingerprint density at radius 3 is 2.41 bits per heavy atom. The van der Waals surface area contributed by atoms with Gasteiger partial charge in [0, 0.05) is 24.7 Å². The number of amides is 1. The van der Waals surface area contributed by atoms with Crippen LogP contribution in [0.4, 0.5) is 5.69 Å². The maximum Gasteiger partial charge on any atom is 0.295 e. The van der Waals surface area contributed by atoms with Crippen molar-refractivity contribution in [3.05, 3.63) is 69.3 Å². The molecule has 0 aromatic heterocycles. The number of fused-ring (bicyclic) bond motifs is 1. The predicted molar refractivity (Wildman–Crippen MR) is 101 cm³/mol. The molecule has 4 rings (SSSR count). The molecule has 1 fully saturated rings. The summed E-state index contributed by atoms with van der Waals surface area (Å²) in [7, 11) is 1.44. The van der Waals surface area contributed by atoms with Crippen LogP contribution in [0.1, 0.15) is 17.2 Å². The minimum absolute atomic E-state index is 0.0944. The Balaban J connectivity index is 1.81. The van der Waals surface area contributed by atoms with Crippen molar-refractivity contribution >= 4 is 23.1 Å². The number of nitro benzene ring substituents is 1. The number of hydrogen-bond acceptors (Lipinski definition) is 7. The Morgan fingerprint density at radius 2 is 1.76 bits per heavy atom. The lowest BCUT2D eigenvalue weighted by Gasteiger charge is -2.21. The van der Waals surface area contributed by atoms with E-state index in [1.807, 2.05) is 0 Å². The first-order valence-electron chi connectivity index (χ1n) is 8.77. The molecule has 0 spiro atoms. The van der Waals surface area contributed by atoms with E-state index >= 15 is 0 Å². The maximum absolute atomic E-state index is 12.6. The molecule has 1 unspecified atom stereocenters. The van der Waals surface area contributed by atoms with Gasteiger partial charge in [-0.15, -0.1) is 0 Å². The molecule has 9 heteroatoms. The minimum atomic E-state index is -0.871. The SMILES string of the molecule is CN1C(=O)C(=O)/C(=C(/O)c2ccc3c(c2)OCCO3)C1c1ccc([N+](=O)[O-])cc1. The van der Waals surface area contributed by atoms with Gasteiger partial charge in [0.05, 0.1) is 16.5 Å². The van der Waals surface area contributed by atoms with Crippen LogP contribution in [0, 0.1) is 10.1 Å². The summed E-state index contributed by atoms with van der Waals surface area (Å²) < 4.78 is 11.0. The van der Waals surface area contributed by atoms with Gasteiger partial charge in [-0.2, -0.15) is 0 Å². The average Bonchev–Trinajstić information content (AvgIpc) is 2.96. The third kappa shape index (κ3) is 3.06. The number of rotatable bonds is 3. The van der Waals surface area contributed by atoms with E-state index in [-0.39, 0.29) is 17.0 Å². The van der Waals surface area contributed by atoms with Crippen molar-refractivity contribution in [2.45, 2.75) is 6.04 Å². The van der Waals surface area contributed by atoms with Gasteiger partial charge in [-0.25, -0.2) is 0 Å². The molecule has 2 aromatic rings. The van der Waals surface area contributed by atoms with Gasteiger partial charge in [-0.1, -0.05) is 0 Å². The summed E-state index contributed by atoms with van der Waals surface area (Å²) in [6, 6.07) is 9.35. The maximum atomic E-state index is 12.6. The zero-order valence-corrected chi connectivity index (χ0v) is 15.3. The first-order valence-corrected chi connectivity index (χ1v) is 8.77. The summed E-state index contributed by atoms with van der Waals surface area (Å²) in [5.74, 6) is -1.00. The van der Waals surface area contributed by atoms with E-state index in [0.29, 0.717) is 35.8 Å². The van der Waals surface area contributed by atoms with Crippen molar-refractivity contribution in [3.63, 3.8) is 0 Å². The molecule has 0 bridgehead atoms. The number of Topliss-reactive ketones (excluding diaryl/α,β-unsaturated/α-hetero) is 1. The van der Waals surface area contributed by atoms with E-state index in [4.69, 9.17) is 9.47 Å². The van der Waals surface area contributed by atoms with Crippen molar-refractivity contribution in [3.8, 4) is 11.5 Å². The number of nitro groups is 1. The number of ketones is 1. The molecule has 9 nitrogen and oxygen atoms in total. The molecule has 2 heterocycles. The number of carbonyl (C=O) groups excluding carboxylic acids is 2. The molecule has 0 saturated carbocycles. The zero-order valence-electron chi connectivity index (χ0n) is 15.3. The largest absolute Gasteiger partial charge is 0.507 e. The minimum Gasteiger partial charge on any atom is -0.507 e. The first kappa shape index (κ1) is 18.5. The highest BCUT2D eigenvalue weighted by Crippen LogP contribution is 2.40. The normalized spacial score (nSPS) is 20.0. The quantitative estimate of drug-likeness (QED) is 0.278. The molecular formula is C20H16N2O7. The lowest BCUT2D eigenvalue weighted by molar-refractivity contribution is -0.384. The lowest BCUT2D eigenvalue weighted by Crippen LogP contribution is -2.24. The molecular weight excluding hydrogens is 380 g/mol. The molecule has 2 aliphatic heterocycles. The summed E-state index contributed by atoms with van der Waals surface area (Å²) in [5.41, 5.74) is 0.556. The molecule has 1 saturated heterocycles. The van der Waals surface area contributed by atoms with Crippen LogP contribution in [0.25, 0.3) is 5.76 Å². The fourth-order valence-corrected chi connectivity index (χ4v) is 3.46. The smallest absolute Gasteiger partial charge is 0.295 e. The van der Waals surface area contributed by atoms with Crippen LogP contribution < -0.4 is 9.47 Å². The fourth-order valence-electron chi connectivity index (χ4n) is 3.46. The number of nitrogens with zero attached hydrogens (tertiary/aromatic N) is 2. The predicted octanol–water partition coefficient (Wildman–Crippen LogP) is 2.42.